The van der Waals surface area contributed by atoms with Gasteiger partial charge in [0.15, 0.2) is 15.8 Å². The Balaban J connectivity index is 0.00000420. The van der Waals surface area contributed by atoms with Gasteiger partial charge in [0.1, 0.15) is 0 Å². The van der Waals surface area contributed by atoms with Crippen LogP contribution in [0.25, 0.3) is 0 Å². The Morgan fingerprint density at radius 1 is 1.24 bits per heavy atom. The fourth-order valence-corrected chi connectivity index (χ4v) is 4.29. The first-order valence-electron chi connectivity index (χ1n) is 10.1. The van der Waals surface area contributed by atoms with Crippen LogP contribution >= 0.6 is 24.0 Å². The number of likely N-dealkylation sites (tertiary alicyclic amines) is 1. The Labute approximate surface area is 193 Å². The van der Waals surface area contributed by atoms with Crippen LogP contribution in [0.1, 0.15) is 44.7 Å². The lowest BCUT2D eigenvalue weighted by Crippen LogP contribution is -2.49. The van der Waals surface area contributed by atoms with Crippen LogP contribution in [-0.4, -0.2) is 62.5 Å². The first kappa shape index (κ1) is 26.2. The average molecular weight is 537 g/mol. The van der Waals surface area contributed by atoms with Gasteiger partial charge in [-0.2, -0.15) is 0 Å². The molecule has 166 valence electrons. The van der Waals surface area contributed by atoms with Crippen LogP contribution in [-0.2, 0) is 16.4 Å². The molecule has 2 N–H and O–H groups in total. The van der Waals surface area contributed by atoms with E-state index in [-0.39, 0.29) is 29.7 Å². The molecule has 0 saturated carbocycles. The Kier molecular flexibility index (Phi) is 10.4. The second kappa shape index (κ2) is 11.5. The minimum absolute atomic E-state index is 0. The smallest absolute Gasteiger partial charge is 0.191 e. The first-order valence-corrected chi connectivity index (χ1v) is 11.7. The number of nitrogens with one attached hydrogen (secondary N) is 2. The van der Waals surface area contributed by atoms with Crippen molar-refractivity contribution in [3.63, 3.8) is 0 Å². The van der Waals surface area contributed by atoms with Crippen molar-refractivity contribution in [2.45, 2.75) is 57.9 Å². The number of aliphatic imine (C=N–C) groups is 1. The highest BCUT2D eigenvalue weighted by Gasteiger charge is 2.28. The maximum Gasteiger partial charge on any atom is 0.191 e. The number of hydrogen-bond acceptors (Lipinski definition) is 4. The van der Waals surface area contributed by atoms with Gasteiger partial charge in [-0.25, -0.2) is 8.42 Å². The molecule has 0 spiro atoms. The van der Waals surface area contributed by atoms with E-state index in [1.165, 1.54) is 11.1 Å². The molecule has 6 nitrogen and oxygen atoms in total. The number of halogens is 1. The lowest BCUT2D eigenvalue weighted by molar-refractivity contribution is 0.198. The second-order valence-corrected chi connectivity index (χ2v) is 11.5. The molecular weight excluding hydrogens is 499 g/mol. The maximum absolute atomic E-state index is 12.2. The van der Waals surface area contributed by atoms with Gasteiger partial charge in [0.25, 0.3) is 0 Å². The number of benzene rings is 1. The summed E-state index contributed by atoms with van der Waals surface area (Å²) < 4.78 is 23.7. The van der Waals surface area contributed by atoms with Gasteiger partial charge < -0.3 is 10.6 Å². The van der Waals surface area contributed by atoms with Crippen molar-refractivity contribution in [3.05, 3.63) is 35.4 Å². The lowest BCUT2D eigenvalue weighted by Gasteiger charge is -2.33. The van der Waals surface area contributed by atoms with Crippen LogP contribution in [0, 0.1) is 6.92 Å². The van der Waals surface area contributed by atoms with Gasteiger partial charge >= 0.3 is 0 Å². The number of sulfone groups is 1. The van der Waals surface area contributed by atoms with E-state index < -0.39 is 14.6 Å². The molecule has 0 radical (unpaired) electrons. The lowest BCUT2D eigenvalue weighted by atomic mass is 10.0. The predicted octanol–water partition coefficient (Wildman–Crippen LogP) is 2.96. The Hall–Kier alpha value is -0.870. The SMILES string of the molecule is CN=C(NCCS(=O)(=O)C(C)(C)C)NC1CCN(Cc2cccc(C)c2)CC1.I. The summed E-state index contributed by atoms with van der Waals surface area (Å²) in [6.45, 7) is 10.8. The molecule has 1 saturated heterocycles. The summed E-state index contributed by atoms with van der Waals surface area (Å²) in [6.07, 6.45) is 2.10. The number of piperidine rings is 1. The fourth-order valence-electron chi connectivity index (χ4n) is 3.30. The van der Waals surface area contributed by atoms with Gasteiger partial charge in [0.05, 0.1) is 10.5 Å². The highest BCUT2D eigenvalue weighted by atomic mass is 127. The maximum atomic E-state index is 12.2. The van der Waals surface area contributed by atoms with Gasteiger partial charge in [-0.1, -0.05) is 29.8 Å². The van der Waals surface area contributed by atoms with Crippen LogP contribution < -0.4 is 10.6 Å². The molecule has 0 aliphatic carbocycles. The Bertz CT molecular complexity index is 767. The third-order valence-electron chi connectivity index (χ3n) is 5.24. The third kappa shape index (κ3) is 8.41. The topological polar surface area (TPSA) is 73.8 Å². The van der Waals surface area contributed by atoms with Crippen molar-refractivity contribution in [2.75, 3.05) is 32.4 Å². The van der Waals surface area contributed by atoms with Crippen LogP contribution in [0.3, 0.4) is 0 Å². The molecule has 0 bridgehead atoms. The summed E-state index contributed by atoms with van der Waals surface area (Å²) in [4.78, 5) is 6.73. The molecule has 8 heteroatoms. The Morgan fingerprint density at radius 2 is 1.90 bits per heavy atom. The van der Waals surface area contributed by atoms with Gasteiger partial charge in [0.2, 0.25) is 0 Å². The predicted molar refractivity (Wildman–Crippen MR) is 133 cm³/mol. The largest absolute Gasteiger partial charge is 0.355 e. The third-order valence-corrected chi connectivity index (χ3v) is 7.84. The van der Waals surface area contributed by atoms with Gasteiger partial charge in [-0.15, -0.1) is 24.0 Å². The van der Waals surface area contributed by atoms with E-state index in [1.54, 1.807) is 27.8 Å². The minimum Gasteiger partial charge on any atom is -0.355 e. The fraction of sp³-hybridized carbons (Fsp3) is 0.667. The van der Waals surface area contributed by atoms with Gasteiger partial charge in [-0.3, -0.25) is 9.89 Å². The molecule has 1 fully saturated rings. The summed E-state index contributed by atoms with van der Waals surface area (Å²) in [5.74, 6) is 0.785. The molecule has 0 atom stereocenters. The normalized spacial score (nSPS) is 16.9. The van der Waals surface area contributed by atoms with E-state index in [0.717, 1.165) is 32.5 Å². The van der Waals surface area contributed by atoms with Crippen molar-refractivity contribution in [3.8, 4) is 0 Å². The summed E-state index contributed by atoms with van der Waals surface area (Å²) in [6, 6.07) is 9.05. The molecule has 1 aliphatic rings. The Morgan fingerprint density at radius 3 is 2.45 bits per heavy atom. The molecule has 1 aromatic rings. The molecule has 0 aromatic heterocycles. The molecule has 1 aromatic carbocycles. The number of guanidine groups is 1. The molecule has 1 aliphatic heterocycles. The quantitative estimate of drug-likeness (QED) is 0.333. The van der Waals surface area contributed by atoms with Crippen LogP contribution in [0.4, 0.5) is 0 Å². The molecule has 0 unspecified atom stereocenters. The molecule has 29 heavy (non-hydrogen) atoms. The van der Waals surface area contributed by atoms with E-state index in [0.29, 0.717) is 18.5 Å². The number of nitrogens with zero attached hydrogens (tertiary/aromatic N) is 2. The zero-order valence-corrected chi connectivity index (χ0v) is 21.5. The zero-order chi connectivity index (χ0) is 20.8. The second-order valence-electron chi connectivity index (χ2n) is 8.61. The van der Waals surface area contributed by atoms with Crippen LogP contribution in [0.15, 0.2) is 29.3 Å². The molecule has 0 amide bonds. The summed E-state index contributed by atoms with van der Waals surface area (Å²) in [7, 11) is -1.40. The first-order chi connectivity index (χ1) is 13.1. The van der Waals surface area contributed by atoms with Crippen molar-refractivity contribution in [1.29, 1.82) is 0 Å². The van der Waals surface area contributed by atoms with E-state index >= 15 is 0 Å². The van der Waals surface area contributed by atoms with E-state index in [9.17, 15) is 8.42 Å². The minimum atomic E-state index is -3.13. The summed E-state index contributed by atoms with van der Waals surface area (Å²) in [5.41, 5.74) is 2.67. The molecular formula is C21H37IN4O2S. The summed E-state index contributed by atoms with van der Waals surface area (Å²) in [5, 5.41) is 6.59. The van der Waals surface area contributed by atoms with Crippen molar-refractivity contribution in [2.24, 2.45) is 4.99 Å². The monoisotopic (exact) mass is 536 g/mol. The zero-order valence-electron chi connectivity index (χ0n) is 18.4. The van der Waals surface area contributed by atoms with Crippen molar-refractivity contribution < 1.29 is 8.42 Å². The summed E-state index contributed by atoms with van der Waals surface area (Å²) >= 11 is 0. The highest BCUT2D eigenvalue weighted by Crippen LogP contribution is 2.16. The van der Waals surface area contributed by atoms with Crippen molar-refractivity contribution >= 4 is 39.8 Å². The number of rotatable bonds is 6. The number of hydrogen-bond donors (Lipinski definition) is 2. The van der Waals surface area contributed by atoms with E-state index in [2.05, 4.69) is 51.7 Å². The van der Waals surface area contributed by atoms with E-state index in [4.69, 9.17) is 0 Å². The number of aryl methyl sites for hydroxylation is 1. The highest BCUT2D eigenvalue weighted by molar-refractivity contribution is 14.0. The van der Waals surface area contributed by atoms with E-state index in [1.807, 2.05) is 0 Å². The average Bonchev–Trinajstić information content (AvgIpc) is 2.61. The standard InChI is InChI=1S/C21H36N4O2S.HI/c1-17-7-6-8-18(15-17)16-25-12-9-19(10-13-25)24-20(22-5)23-11-14-28(26,27)21(2,3)4;/h6-8,15,19H,9-14,16H2,1-5H3,(H2,22,23,24);1H. The van der Waals surface area contributed by atoms with Crippen LogP contribution in [0.5, 0.6) is 0 Å². The van der Waals surface area contributed by atoms with Crippen LogP contribution in [0.2, 0.25) is 0 Å². The van der Waals surface area contributed by atoms with Gasteiger partial charge in [-0.05, 0) is 46.1 Å². The molecule has 2 rings (SSSR count). The molecule has 1 heterocycles. The van der Waals surface area contributed by atoms with Gasteiger partial charge in [0, 0.05) is 39.3 Å². The van der Waals surface area contributed by atoms with Crippen molar-refractivity contribution in [1.82, 2.24) is 15.5 Å².